The Bertz CT molecular complexity index is 448. The SMILES string of the molecule is Nc1cccc(OCC(=O)N2CCCCC2CCO)c1. The maximum absolute atomic E-state index is 12.2. The Balaban J connectivity index is 1.89. The molecule has 5 nitrogen and oxygen atoms in total. The monoisotopic (exact) mass is 278 g/mol. The van der Waals surface area contributed by atoms with Gasteiger partial charge in [-0.15, -0.1) is 0 Å². The van der Waals surface area contributed by atoms with Gasteiger partial charge in [-0.3, -0.25) is 4.79 Å². The van der Waals surface area contributed by atoms with Gasteiger partial charge in [-0.05, 0) is 37.8 Å². The first-order chi connectivity index (χ1) is 9.70. The number of hydrogen-bond acceptors (Lipinski definition) is 4. The van der Waals surface area contributed by atoms with E-state index in [0.717, 1.165) is 25.8 Å². The first kappa shape index (κ1) is 14.7. The van der Waals surface area contributed by atoms with Crippen LogP contribution in [0.25, 0.3) is 0 Å². The van der Waals surface area contributed by atoms with Crippen LogP contribution in [0.5, 0.6) is 5.75 Å². The third kappa shape index (κ3) is 3.87. The third-order valence-electron chi connectivity index (χ3n) is 3.63. The van der Waals surface area contributed by atoms with Crippen molar-refractivity contribution in [2.75, 3.05) is 25.5 Å². The van der Waals surface area contributed by atoms with Gasteiger partial charge in [0.2, 0.25) is 0 Å². The van der Waals surface area contributed by atoms with Gasteiger partial charge in [0.25, 0.3) is 5.91 Å². The van der Waals surface area contributed by atoms with Crippen LogP contribution in [0.2, 0.25) is 0 Å². The Hall–Kier alpha value is -1.75. The van der Waals surface area contributed by atoms with Crippen molar-refractivity contribution in [2.45, 2.75) is 31.7 Å². The highest BCUT2D eigenvalue weighted by molar-refractivity contribution is 5.78. The highest BCUT2D eigenvalue weighted by Gasteiger charge is 2.26. The van der Waals surface area contributed by atoms with Crippen LogP contribution in [-0.4, -0.2) is 41.7 Å². The van der Waals surface area contributed by atoms with Crippen molar-refractivity contribution >= 4 is 11.6 Å². The maximum Gasteiger partial charge on any atom is 0.260 e. The van der Waals surface area contributed by atoms with Crippen molar-refractivity contribution < 1.29 is 14.6 Å². The molecule has 1 heterocycles. The van der Waals surface area contributed by atoms with Gasteiger partial charge in [0, 0.05) is 30.9 Å². The van der Waals surface area contributed by atoms with E-state index in [1.807, 2.05) is 4.90 Å². The zero-order chi connectivity index (χ0) is 14.4. The molecule has 1 amide bonds. The van der Waals surface area contributed by atoms with Crippen molar-refractivity contribution in [3.63, 3.8) is 0 Å². The molecule has 110 valence electrons. The molecule has 20 heavy (non-hydrogen) atoms. The lowest BCUT2D eigenvalue weighted by molar-refractivity contribution is -0.137. The summed E-state index contributed by atoms with van der Waals surface area (Å²) in [5.74, 6) is 0.583. The zero-order valence-electron chi connectivity index (χ0n) is 11.6. The number of aliphatic hydroxyl groups excluding tert-OH is 1. The summed E-state index contributed by atoms with van der Waals surface area (Å²) >= 11 is 0. The van der Waals surface area contributed by atoms with Gasteiger partial charge in [-0.1, -0.05) is 6.07 Å². The number of likely N-dealkylation sites (tertiary alicyclic amines) is 1. The summed E-state index contributed by atoms with van der Waals surface area (Å²) in [4.78, 5) is 14.1. The number of rotatable bonds is 5. The van der Waals surface area contributed by atoms with Gasteiger partial charge in [0.05, 0.1) is 0 Å². The fourth-order valence-corrected chi connectivity index (χ4v) is 2.61. The Morgan fingerprint density at radius 1 is 1.45 bits per heavy atom. The topological polar surface area (TPSA) is 75.8 Å². The highest BCUT2D eigenvalue weighted by atomic mass is 16.5. The van der Waals surface area contributed by atoms with E-state index in [2.05, 4.69) is 0 Å². The van der Waals surface area contributed by atoms with E-state index >= 15 is 0 Å². The van der Waals surface area contributed by atoms with E-state index in [0.29, 0.717) is 17.9 Å². The molecular formula is C15H22N2O3. The van der Waals surface area contributed by atoms with Crippen LogP contribution in [-0.2, 0) is 4.79 Å². The molecule has 0 bridgehead atoms. The van der Waals surface area contributed by atoms with Crippen molar-refractivity contribution in [2.24, 2.45) is 0 Å². The van der Waals surface area contributed by atoms with Crippen LogP contribution in [0.3, 0.4) is 0 Å². The minimum absolute atomic E-state index is 0.0192. The van der Waals surface area contributed by atoms with Crippen LogP contribution in [0.15, 0.2) is 24.3 Å². The highest BCUT2D eigenvalue weighted by Crippen LogP contribution is 2.20. The number of nitrogens with two attached hydrogens (primary N) is 1. The number of amides is 1. The lowest BCUT2D eigenvalue weighted by Crippen LogP contribution is -2.46. The van der Waals surface area contributed by atoms with E-state index in [1.54, 1.807) is 24.3 Å². The Morgan fingerprint density at radius 2 is 2.30 bits per heavy atom. The average molecular weight is 278 g/mol. The molecule has 0 radical (unpaired) electrons. The molecule has 5 heteroatoms. The van der Waals surface area contributed by atoms with Gasteiger partial charge in [-0.25, -0.2) is 0 Å². The summed E-state index contributed by atoms with van der Waals surface area (Å²) in [6.07, 6.45) is 3.74. The second-order valence-electron chi connectivity index (χ2n) is 5.11. The van der Waals surface area contributed by atoms with Gasteiger partial charge >= 0.3 is 0 Å². The summed E-state index contributed by atoms with van der Waals surface area (Å²) in [6, 6.07) is 7.20. The van der Waals surface area contributed by atoms with Crippen molar-refractivity contribution in [3.8, 4) is 5.75 Å². The molecule has 0 spiro atoms. The van der Waals surface area contributed by atoms with Crippen LogP contribution in [0, 0.1) is 0 Å². The minimum atomic E-state index is -0.0226. The van der Waals surface area contributed by atoms with Crippen LogP contribution >= 0.6 is 0 Å². The molecule has 0 aromatic heterocycles. The van der Waals surface area contributed by atoms with E-state index in [9.17, 15) is 4.79 Å². The molecular weight excluding hydrogens is 256 g/mol. The van der Waals surface area contributed by atoms with Crippen LogP contribution < -0.4 is 10.5 Å². The molecule has 0 saturated carbocycles. The molecule has 1 aliphatic rings. The Labute approximate surface area is 119 Å². The number of anilines is 1. The van der Waals surface area contributed by atoms with Gasteiger partial charge in [0.15, 0.2) is 6.61 Å². The molecule has 1 saturated heterocycles. The summed E-state index contributed by atoms with van der Waals surface area (Å²) in [6.45, 7) is 0.889. The number of aliphatic hydroxyl groups is 1. The molecule has 1 aromatic carbocycles. The smallest absolute Gasteiger partial charge is 0.260 e. The maximum atomic E-state index is 12.2. The van der Waals surface area contributed by atoms with E-state index in [-0.39, 0.29) is 25.2 Å². The number of benzene rings is 1. The van der Waals surface area contributed by atoms with Crippen molar-refractivity contribution in [1.29, 1.82) is 0 Å². The van der Waals surface area contributed by atoms with E-state index in [1.165, 1.54) is 0 Å². The molecule has 2 rings (SSSR count). The van der Waals surface area contributed by atoms with Crippen LogP contribution in [0.1, 0.15) is 25.7 Å². The Kier molecular flexibility index (Phi) is 5.24. The predicted octanol–water partition coefficient (Wildman–Crippen LogP) is 1.41. The van der Waals surface area contributed by atoms with Gasteiger partial charge in [0.1, 0.15) is 5.75 Å². The lowest BCUT2D eigenvalue weighted by Gasteiger charge is -2.35. The quantitative estimate of drug-likeness (QED) is 0.799. The summed E-state index contributed by atoms with van der Waals surface area (Å²) < 4.78 is 5.49. The lowest BCUT2D eigenvalue weighted by atomic mass is 9.99. The second-order valence-corrected chi connectivity index (χ2v) is 5.11. The molecule has 3 N–H and O–H groups in total. The molecule has 1 unspecified atom stereocenters. The average Bonchev–Trinajstić information content (AvgIpc) is 2.46. The van der Waals surface area contributed by atoms with Gasteiger partial charge < -0.3 is 20.5 Å². The number of hydrogen-bond donors (Lipinski definition) is 2. The number of piperidine rings is 1. The zero-order valence-corrected chi connectivity index (χ0v) is 11.6. The van der Waals surface area contributed by atoms with E-state index in [4.69, 9.17) is 15.6 Å². The van der Waals surface area contributed by atoms with Crippen molar-refractivity contribution in [1.82, 2.24) is 4.90 Å². The first-order valence-corrected chi connectivity index (χ1v) is 7.09. The summed E-state index contributed by atoms with van der Waals surface area (Å²) in [5, 5.41) is 9.07. The standard InChI is InChI=1S/C15H22N2O3/c16-12-4-3-6-14(10-12)20-11-15(19)17-8-2-1-5-13(17)7-9-18/h3-4,6,10,13,18H,1-2,5,7-9,11,16H2. The van der Waals surface area contributed by atoms with Gasteiger partial charge in [-0.2, -0.15) is 0 Å². The summed E-state index contributed by atoms with van der Waals surface area (Å²) in [5.41, 5.74) is 6.28. The fourth-order valence-electron chi connectivity index (χ4n) is 2.61. The fraction of sp³-hybridized carbons (Fsp3) is 0.533. The molecule has 1 aliphatic heterocycles. The summed E-state index contributed by atoms with van der Waals surface area (Å²) in [7, 11) is 0. The van der Waals surface area contributed by atoms with Crippen LogP contribution in [0.4, 0.5) is 5.69 Å². The number of ether oxygens (including phenoxy) is 1. The number of nitrogens with zero attached hydrogens (tertiary/aromatic N) is 1. The molecule has 1 aromatic rings. The van der Waals surface area contributed by atoms with E-state index < -0.39 is 0 Å². The molecule has 1 atom stereocenters. The Morgan fingerprint density at radius 3 is 3.05 bits per heavy atom. The minimum Gasteiger partial charge on any atom is -0.484 e. The molecule has 1 fully saturated rings. The number of carbonyl (C=O) groups is 1. The normalized spacial score (nSPS) is 18.9. The number of carbonyl (C=O) groups excluding carboxylic acids is 1. The first-order valence-electron chi connectivity index (χ1n) is 7.09. The van der Waals surface area contributed by atoms with Crippen molar-refractivity contribution in [3.05, 3.63) is 24.3 Å². The number of nitrogen functional groups attached to an aromatic ring is 1. The predicted molar refractivity (Wildman–Crippen MR) is 77.4 cm³/mol. The largest absolute Gasteiger partial charge is 0.484 e. The third-order valence-corrected chi connectivity index (χ3v) is 3.63. The second kappa shape index (κ2) is 7.14. The molecule has 0 aliphatic carbocycles.